The SMILES string of the molecule is COc1ccc([C@@H]2C(C(=O)Nc3ccc(C)cn3)=C(C)NC3=C2C(=O)C[C@@H](C)C3)cc1. The van der Waals surface area contributed by atoms with Gasteiger partial charge in [-0.25, -0.2) is 4.98 Å². The number of carbonyl (C=O) groups excluding carboxylic acids is 2. The Bertz CT molecular complexity index is 1080. The van der Waals surface area contributed by atoms with Crippen LogP contribution in [0.1, 0.15) is 43.7 Å². The van der Waals surface area contributed by atoms with Crippen LogP contribution in [0.2, 0.25) is 0 Å². The number of pyridine rings is 1. The van der Waals surface area contributed by atoms with Crippen LogP contribution in [0.4, 0.5) is 5.82 Å². The van der Waals surface area contributed by atoms with Gasteiger partial charge in [0.2, 0.25) is 0 Å². The molecule has 0 bridgehead atoms. The van der Waals surface area contributed by atoms with Crippen molar-refractivity contribution in [3.05, 3.63) is 76.3 Å². The Morgan fingerprint density at radius 1 is 1.13 bits per heavy atom. The zero-order valence-electron chi connectivity index (χ0n) is 18.3. The number of Topliss-reactive ketones (excluding diaryl/α,β-unsaturated/α-hetero) is 1. The zero-order chi connectivity index (χ0) is 22.1. The Hall–Kier alpha value is -3.41. The Labute approximate surface area is 182 Å². The van der Waals surface area contributed by atoms with Gasteiger partial charge >= 0.3 is 0 Å². The number of dihydropyridines is 1. The number of benzene rings is 1. The third kappa shape index (κ3) is 4.10. The van der Waals surface area contributed by atoms with E-state index in [1.165, 1.54) is 0 Å². The van der Waals surface area contributed by atoms with Gasteiger partial charge in [-0.3, -0.25) is 9.59 Å². The lowest BCUT2D eigenvalue weighted by Gasteiger charge is -2.36. The van der Waals surface area contributed by atoms with Gasteiger partial charge in [-0.2, -0.15) is 0 Å². The normalized spacial score (nSPS) is 20.8. The number of ether oxygens (including phenoxy) is 1. The van der Waals surface area contributed by atoms with Crippen molar-refractivity contribution in [3.8, 4) is 5.75 Å². The number of ketones is 1. The predicted octanol–water partition coefficient (Wildman–Crippen LogP) is 4.25. The number of anilines is 1. The number of amides is 1. The summed E-state index contributed by atoms with van der Waals surface area (Å²) < 4.78 is 5.29. The van der Waals surface area contributed by atoms with Crippen LogP contribution in [0.3, 0.4) is 0 Å². The molecule has 1 aromatic heterocycles. The monoisotopic (exact) mass is 417 g/mol. The molecule has 0 unspecified atom stereocenters. The molecular weight excluding hydrogens is 390 g/mol. The summed E-state index contributed by atoms with van der Waals surface area (Å²) in [6.07, 6.45) is 2.99. The van der Waals surface area contributed by atoms with E-state index < -0.39 is 5.92 Å². The third-order valence-electron chi connectivity index (χ3n) is 5.88. The maximum absolute atomic E-state index is 13.4. The molecule has 6 heteroatoms. The van der Waals surface area contributed by atoms with Gasteiger partial charge in [0.15, 0.2) is 5.78 Å². The van der Waals surface area contributed by atoms with E-state index in [2.05, 4.69) is 22.5 Å². The average Bonchev–Trinajstić information content (AvgIpc) is 2.74. The fourth-order valence-electron chi connectivity index (χ4n) is 4.39. The van der Waals surface area contributed by atoms with E-state index in [0.717, 1.165) is 34.7 Å². The Morgan fingerprint density at radius 3 is 2.52 bits per heavy atom. The fraction of sp³-hybridized carbons (Fsp3) is 0.320. The van der Waals surface area contributed by atoms with Crippen LogP contribution in [0.5, 0.6) is 5.75 Å². The highest BCUT2D eigenvalue weighted by atomic mass is 16.5. The van der Waals surface area contributed by atoms with Crippen molar-refractivity contribution >= 4 is 17.5 Å². The molecule has 1 aliphatic carbocycles. The molecule has 2 heterocycles. The Balaban J connectivity index is 1.77. The predicted molar refractivity (Wildman–Crippen MR) is 120 cm³/mol. The molecule has 0 saturated heterocycles. The number of methoxy groups -OCH3 is 1. The molecule has 0 saturated carbocycles. The maximum Gasteiger partial charge on any atom is 0.255 e. The van der Waals surface area contributed by atoms with Gasteiger partial charge in [-0.1, -0.05) is 25.1 Å². The summed E-state index contributed by atoms with van der Waals surface area (Å²) in [6, 6.07) is 11.3. The van der Waals surface area contributed by atoms with Gasteiger partial charge in [0.1, 0.15) is 11.6 Å². The van der Waals surface area contributed by atoms with Crippen molar-refractivity contribution in [2.75, 3.05) is 12.4 Å². The third-order valence-corrected chi connectivity index (χ3v) is 5.88. The van der Waals surface area contributed by atoms with Crippen molar-refractivity contribution in [1.29, 1.82) is 0 Å². The lowest BCUT2D eigenvalue weighted by atomic mass is 9.73. The van der Waals surface area contributed by atoms with Crippen LogP contribution in [-0.2, 0) is 9.59 Å². The average molecular weight is 418 g/mol. The number of hydrogen-bond acceptors (Lipinski definition) is 5. The molecule has 0 fully saturated rings. The van der Waals surface area contributed by atoms with Gasteiger partial charge in [-0.15, -0.1) is 0 Å². The van der Waals surface area contributed by atoms with Crippen molar-refractivity contribution in [1.82, 2.24) is 10.3 Å². The molecule has 0 radical (unpaired) electrons. The van der Waals surface area contributed by atoms with Gasteiger partial charge in [0.25, 0.3) is 5.91 Å². The van der Waals surface area contributed by atoms with Crippen LogP contribution in [0.15, 0.2) is 65.1 Å². The minimum Gasteiger partial charge on any atom is -0.497 e. The summed E-state index contributed by atoms with van der Waals surface area (Å²) in [7, 11) is 1.61. The van der Waals surface area contributed by atoms with E-state index in [9.17, 15) is 9.59 Å². The van der Waals surface area contributed by atoms with E-state index in [0.29, 0.717) is 23.4 Å². The van der Waals surface area contributed by atoms with Crippen molar-refractivity contribution in [3.63, 3.8) is 0 Å². The van der Waals surface area contributed by atoms with Gasteiger partial charge < -0.3 is 15.4 Å². The van der Waals surface area contributed by atoms with E-state index in [4.69, 9.17) is 4.74 Å². The standard InChI is InChI=1S/C25H27N3O3/c1-14-5-10-21(26-13-14)28-25(30)22-16(3)27-19-11-15(2)12-20(29)24(19)23(22)17-6-8-18(31-4)9-7-17/h5-10,13,15,23,27H,11-12H2,1-4H3,(H,26,28,30)/t15-,23+/m0/s1. The van der Waals surface area contributed by atoms with Gasteiger partial charge in [0.05, 0.1) is 7.11 Å². The minimum absolute atomic E-state index is 0.0910. The van der Waals surface area contributed by atoms with Crippen molar-refractivity contribution < 1.29 is 14.3 Å². The number of carbonyl (C=O) groups is 2. The first kappa shape index (κ1) is 20.8. The van der Waals surface area contributed by atoms with Gasteiger partial charge in [-0.05, 0) is 55.5 Å². The lowest BCUT2D eigenvalue weighted by molar-refractivity contribution is -0.117. The van der Waals surface area contributed by atoms with Gasteiger partial charge in [0, 0.05) is 41.1 Å². The second-order valence-electron chi connectivity index (χ2n) is 8.37. The summed E-state index contributed by atoms with van der Waals surface area (Å²) in [4.78, 5) is 30.8. The number of aryl methyl sites for hydroxylation is 1. The molecule has 1 aromatic carbocycles. The summed E-state index contributed by atoms with van der Waals surface area (Å²) >= 11 is 0. The second-order valence-corrected chi connectivity index (χ2v) is 8.37. The Kier molecular flexibility index (Phi) is 5.63. The lowest BCUT2D eigenvalue weighted by Crippen LogP contribution is -2.37. The van der Waals surface area contributed by atoms with Crippen molar-refractivity contribution in [2.45, 2.75) is 39.5 Å². The van der Waals surface area contributed by atoms with Crippen LogP contribution < -0.4 is 15.4 Å². The first-order chi connectivity index (χ1) is 14.9. The number of nitrogens with zero attached hydrogens (tertiary/aromatic N) is 1. The highest BCUT2D eigenvalue weighted by Gasteiger charge is 2.39. The molecule has 2 aliphatic rings. The van der Waals surface area contributed by atoms with Crippen molar-refractivity contribution in [2.24, 2.45) is 5.92 Å². The number of rotatable bonds is 4. The van der Waals surface area contributed by atoms with E-state index >= 15 is 0 Å². The topological polar surface area (TPSA) is 80.3 Å². The smallest absolute Gasteiger partial charge is 0.255 e. The second kappa shape index (κ2) is 8.38. The molecule has 31 heavy (non-hydrogen) atoms. The van der Waals surface area contributed by atoms with Crippen LogP contribution in [0.25, 0.3) is 0 Å². The maximum atomic E-state index is 13.4. The highest BCUT2D eigenvalue weighted by Crippen LogP contribution is 2.43. The van der Waals surface area contributed by atoms with Crippen LogP contribution in [0, 0.1) is 12.8 Å². The summed E-state index contributed by atoms with van der Waals surface area (Å²) in [5.41, 5.74) is 4.81. The number of aromatic nitrogens is 1. The molecule has 1 aliphatic heterocycles. The number of hydrogen-bond donors (Lipinski definition) is 2. The summed E-state index contributed by atoms with van der Waals surface area (Å²) in [6.45, 7) is 5.91. The minimum atomic E-state index is -0.437. The zero-order valence-corrected chi connectivity index (χ0v) is 18.3. The molecule has 160 valence electrons. The van der Waals surface area contributed by atoms with Crippen LogP contribution >= 0.6 is 0 Å². The first-order valence-electron chi connectivity index (χ1n) is 10.5. The molecule has 2 atom stereocenters. The fourth-order valence-corrected chi connectivity index (χ4v) is 4.39. The largest absolute Gasteiger partial charge is 0.497 e. The molecule has 1 amide bonds. The first-order valence-corrected chi connectivity index (χ1v) is 10.5. The van der Waals surface area contributed by atoms with E-state index in [-0.39, 0.29) is 17.6 Å². The summed E-state index contributed by atoms with van der Waals surface area (Å²) in [5, 5.41) is 6.26. The van der Waals surface area contributed by atoms with E-state index in [1.807, 2.05) is 44.2 Å². The quantitative estimate of drug-likeness (QED) is 0.777. The Morgan fingerprint density at radius 2 is 1.87 bits per heavy atom. The molecule has 0 spiro atoms. The molecule has 2 aromatic rings. The van der Waals surface area contributed by atoms with Crippen LogP contribution in [-0.4, -0.2) is 23.8 Å². The molecule has 2 N–H and O–H groups in total. The molecule has 6 nitrogen and oxygen atoms in total. The molecular formula is C25H27N3O3. The number of allylic oxidation sites excluding steroid dienone is 3. The number of nitrogens with one attached hydrogen (secondary N) is 2. The van der Waals surface area contributed by atoms with E-state index in [1.54, 1.807) is 19.4 Å². The summed E-state index contributed by atoms with van der Waals surface area (Å²) in [5.74, 6) is 0.870. The highest BCUT2D eigenvalue weighted by molar-refractivity contribution is 6.09. The molecule has 4 rings (SSSR count).